The van der Waals surface area contributed by atoms with E-state index < -0.39 is 10.0 Å². The van der Waals surface area contributed by atoms with E-state index in [4.69, 9.17) is 17.3 Å². The molecule has 122 valence electrons. The summed E-state index contributed by atoms with van der Waals surface area (Å²) in [5, 5.41) is 2.85. The van der Waals surface area contributed by atoms with Gasteiger partial charge in [-0.25, -0.2) is 13.1 Å². The Bertz CT molecular complexity index is 548. The van der Waals surface area contributed by atoms with Crippen LogP contribution < -0.4 is 15.8 Å². The number of unbranched alkanes of at least 4 members (excludes halogenated alkanes) is 1. The molecule has 0 aliphatic heterocycles. The van der Waals surface area contributed by atoms with Crippen molar-refractivity contribution >= 4 is 62.9 Å². The summed E-state index contributed by atoms with van der Waals surface area (Å²) in [7, 11) is -3.49. The highest BCUT2D eigenvalue weighted by molar-refractivity contribution is 14.0. The molecular formula is C11H20ClIN4O2S2. The maximum atomic E-state index is 11.9. The zero-order chi connectivity index (χ0) is 15.0. The van der Waals surface area contributed by atoms with Crippen molar-refractivity contribution in [3.8, 4) is 0 Å². The zero-order valence-corrected chi connectivity index (χ0v) is 16.4. The molecule has 4 N–H and O–H groups in total. The Hall–Kier alpha value is -0.1000. The van der Waals surface area contributed by atoms with Crippen LogP contribution >= 0.6 is 46.9 Å². The monoisotopic (exact) mass is 466 g/mol. The second-order valence-electron chi connectivity index (χ2n) is 4.00. The first-order chi connectivity index (χ1) is 9.45. The Kier molecular flexibility index (Phi) is 10.5. The van der Waals surface area contributed by atoms with Crippen molar-refractivity contribution in [1.82, 2.24) is 10.0 Å². The highest BCUT2D eigenvalue weighted by Crippen LogP contribution is 2.24. The molecule has 0 aromatic carbocycles. The molecule has 1 aromatic heterocycles. The van der Waals surface area contributed by atoms with Gasteiger partial charge in [0.25, 0.3) is 0 Å². The molecule has 1 heterocycles. The van der Waals surface area contributed by atoms with Crippen molar-refractivity contribution in [2.45, 2.75) is 24.0 Å². The molecule has 0 radical (unpaired) electrons. The summed E-state index contributed by atoms with van der Waals surface area (Å²) in [5.41, 5.74) is 5.63. The molecule has 0 unspecified atom stereocenters. The van der Waals surface area contributed by atoms with Gasteiger partial charge in [0.1, 0.15) is 4.21 Å². The minimum absolute atomic E-state index is 0. The van der Waals surface area contributed by atoms with Crippen molar-refractivity contribution in [1.29, 1.82) is 0 Å². The van der Waals surface area contributed by atoms with Gasteiger partial charge in [-0.3, -0.25) is 4.99 Å². The molecule has 0 aliphatic rings. The average Bonchev–Trinajstić information content (AvgIpc) is 2.83. The maximum Gasteiger partial charge on any atom is 0.250 e. The van der Waals surface area contributed by atoms with Gasteiger partial charge in [0.15, 0.2) is 5.96 Å². The average molecular weight is 467 g/mol. The van der Waals surface area contributed by atoms with Crippen LogP contribution in [0.2, 0.25) is 4.34 Å². The van der Waals surface area contributed by atoms with Crippen molar-refractivity contribution in [3.63, 3.8) is 0 Å². The SMILES string of the molecule is CCCCN=C(N)NCCNS(=O)(=O)c1ccc(Cl)s1.I. The molecule has 10 heteroatoms. The minimum Gasteiger partial charge on any atom is -0.370 e. The molecule has 0 spiro atoms. The molecule has 0 saturated heterocycles. The van der Waals surface area contributed by atoms with Crippen molar-refractivity contribution < 1.29 is 8.42 Å². The lowest BCUT2D eigenvalue weighted by atomic mass is 10.3. The summed E-state index contributed by atoms with van der Waals surface area (Å²) in [6, 6.07) is 3.03. The normalized spacial score (nSPS) is 12.0. The molecule has 0 aliphatic carbocycles. The minimum atomic E-state index is -3.49. The number of nitrogens with two attached hydrogens (primary N) is 1. The summed E-state index contributed by atoms with van der Waals surface area (Å²) >= 11 is 6.73. The summed E-state index contributed by atoms with van der Waals surface area (Å²) in [6.07, 6.45) is 2.04. The van der Waals surface area contributed by atoms with Crippen LogP contribution in [0.15, 0.2) is 21.3 Å². The number of sulfonamides is 1. The number of guanidine groups is 1. The van der Waals surface area contributed by atoms with E-state index in [0.717, 1.165) is 24.2 Å². The van der Waals surface area contributed by atoms with E-state index in [0.29, 0.717) is 23.4 Å². The van der Waals surface area contributed by atoms with E-state index in [2.05, 4.69) is 22.0 Å². The summed E-state index contributed by atoms with van der Waals surface area (Å²) < 4.78 is 26.8. The van der Waals surface area contributed by atoms with Crippen LogP contribution in [0.3, 0.4) is 0 Å². The van der Waals surface area contributed by atoms with Crippen LogP contribution in [0.1, 0.15) is 19.8 Å². The van der Waals surface area contributed by atoms with Crippen LogP contribution in [0, 0.1) is 0 Å². The van der Waals surface area contributed by atoms with Gasteiger partial charge < -0.3 is 11.1 Å². The topological polar surface area (TPSA) is 96.6 Å². The second kappa shape index (κ2) is 10.6. The van der Waals surface area contributed by atoms with Crippen LogP contribution in [-0.2, 0) is 10.0 Å². The van der Waals surface area contributed by atoms with E-state index in [1.165, 1.54) is 6.07 Å². The smallest absolute Gasteiger partial charge is 0.250 e. The summed E-state index contributed by atoms with van der Waals surface area (Å²) in [4.78, 5) is 4.10. The summed E-state index contributed by atoms with van der Waals surface area (Å²) in [6.45, 7) is 3.35. The highest BCUT2D eigenvalue weighted by atomic mass is 127. The molecule has 21 heavy (non-hydrogen) atoms. The lowest BCUT2D eigenvalue weighted by molar-refractivity contribution is 0.583. The van der Waals surface area contributed by atoms with Gasteiger partial charge >= 0.3 is 0 Å². The van der Waals surface area contributed by atoms with Gasteiger partial charge in [-0.2, -0.15) is 0 Å². The standard InChI is InChI=1S/C11H19ClN4O2S2.HI/c1-2-3-6-14-11(13)15-7-8-16-20(17,18)10-5-4-9(12)19-10;/h4-5,16H,2-3,6-8H2,1H3,(H3,13,14,15);1H. The summed E-state index contributed by atoms with van der Waals surface area (Å²) in [5.74, 6) is 0.330. The number of thiophene rings is 1. The van der Waals surface area contributed by atoms with Crippen LogP contribution in [0.4, 0.5) is 0 Å². The van der Waals surface area contributed by atoms with Crippen LogP contribution in [0.25, 0.3) is 0 Å². The molecule has 0 fully saturated rings. The van der Waals surface area contributed by atoms with Gasteiger partial charge in [0.2, 0.25) is 10.0 Å². The molecule has 0 amide bonds. The van der Waals surface area contributed by atoms with E-state index in [1.807, 2.05) is 0 Å². The van der Waals surface area contributed by atoms with Crippen molar-refractivity contribution in [3.05, 3.63) is 16.5 Å². The fraction of sp³-hybridized carbons (Fsp3) is 0.545. The van der Waals surface area contributed by atoms with E-state index in [1.54, 1.807) is 6.07 Å². The molecular weight excluding hydrogens is 447 g/mol. The third-order valence-electron chi connectivity index (χ3n) is 2.33. The Morgan fingerprint density at radius 3 is 2.71 bits per heavy atom. The fourth-order valence-corrected chi connectivity index (χ4v) is 3.86. The number of rotatable bonds is 8. The largest absolute Gasteiger partial charge is 0.370 e. The van der Waals surface area contributed by atoms with Gasteiger partial charge in [0.05, 0.1) is 4.34 Å². The molecule has 0 saturated carbocycles. The predicted molar refractivity (Wildman–Crippen MR) is 99.3 cm³/mol. The molecule has 0 atom stereocenters. The number of halogens is 2. The zero-order valence-electron chi connectivity index (χ0n) is 11.6. The van der Waals surface area contributed by atoms with E-state index in [-0.39, 0.29) is 34.7 Å². The third kappa shape index (κ3) is 8.19. The lowest BCUT2D eigenvalue weighted by Crippen LogP contribution is -2.38. The number of aliphatic imine (C=N–C) groups is 1. The van der Waals surface area contributed by atoms with Crippen molar-refractivity contribution in [2.24, 2.45) is 10.7 Å². The quantitative estimate of drug-likeness (QED) is 0.236. The first-order valence-corrected chi connectivity index (χ1v) is 8.92. The number of nitrogens with zero attached hydrogens (tertiary/aromatic N) is 1. The first-order valence-electron chi connectivity index (χ1n) is 6.24. The van der Waals surface area contributed by atoms with Gasteiger partial charge in [-0.15, -0.1) is 35.3 Å². The third-order valence-corrected chi connectivity index (χ3v) is 5.51. The van der Waals surface area contributed by atoms with E-state index >= 15 is 0 Å². The van der Waals surface area contributed by atoms with Crippen LogP contribution in [-0.4, -0.2) is 34.0 Å². The molecule has 1 rings (SSSR count). The molecule has 1 aromatic rings. The Morgan fingerprint density at radius 2 is 2.14 bits per heavy atom. The maximum absolute atomic E-state index is 11.9. The highest BCUT2D eigenvalue weighted by Gasteiger charge is 2.15. The lowest BCUT2D eigenvalue weighted by Gasteiger charge is -2.07. The second-order valence-corrected chi connectivity index (χ2v) is 7.71. The van der Waals surface area contributed by atoms with Gasteiger partial charge in [-0.1, -0.05) is 24.9 Å². The van der Waals surface area contributed by atoms with Crippen molar-refractivity contribution in [2.75, 3.05) is 19.6 Å². The fourth-order valence-electron chi connectivity index (χ4n) is 1.30. The Morgan fingerprint density at radius 1 is 1.43 bits per heavy atom. The number of hydrogen-bond acceptors (Lipinski definition) is 4. The number of hydrogen-bond donors (Lipinski definition) is 3. The van der Waals surface area contributed by atoms with E-state index in [9.17, 15) is 8.42 Å². The predicted octanol–water partition coefficient (Wildman–Crippen LogP) is 2.00. The Labute approximate surface area is 151 Å². The van der Waals surface area contributed by atoms with Gasteiger partial charge in [0, 0.05) is 19.6 Å². The Balaban J connectivity index is 0.00000400. The number of nitrogens with one attached hydrogen (secondary N) is 2. The first kappa shape index (κ1) is 20.9. The van der Waals surface area contributed by atoms with Gasteiger partial charge in [-0.05, 0) is 18.6 Å². The molecule has 0 bridgehead atoms. The molecule has 6 nitrogen and oxygen atoms in total. The van der Waals surface area contributed by atoms with Crippen LogP contribution in [0.5, 0.6) is 0 Å².